The fourth-order valence-electron chi connectivity index (χ4n) is 8.67. The summed E-state index contributed by atoms with van der Waals surface area (Å²) in [6.07, 6.45) is 17.6. The first-order valence-electron chi connectivity index (χ1n) is 21.6. The summed E-state index contributed by atoms with van der Waals surface area (Å²) in [6.45, 7) is 27.5. The Bertz CT molecular complexity index is 2540. The highest BCUT2D eigenvalue weighted by atomic mass is 15.3. The highest BCUT2D eigenvalue weighted by Gasteiger charge is 2.21. The van der Waals surface area contributed by atoms with Gasteiger partial charge in [-0.15, -0.1) is 0 Å². The second-order valence-corrected chi connectivity index (χ2v) is 16.5. The Hall–Kier alpha value is -6.10. The van der Waals surface area contributed by atoms with Crippen molar-refractivity contribution in [3.63, 3.8) is 0 Å². The molecule has 0 amide bonds. The van der Waals surface area contributed by atoms with Crippen LogP contribution < -0.4 is 21.7 Å². The predicted octanol–water partition coefficient (Wildman–Crippen LogP) is 10.3. The molecule has 314 valence electrons. The number of nitrogens with one attached hydrogen (secondary N) is 3. The highest BCUT2D eigenvalue weighted by Crippen LogP contribution is 2.33. The van der Waals surface area contributed by atoms with Gasteiger partial charge in [0, 0.05) is 55.5 Å². The van der Waals surface area contributed by atoms with Crippen molar-refractivity contribution in [2.75, 3.05) is 17.7 Å². The molecular formula is C49H63N11. The van der Waals surface area contributed by atoms with Crippen molar-refractivity contribution in [1.82, 2.24) is 34.2 Å². The molecule has 2 aromatic carbocycles. The van der Waals surface area contributed by atoms with Crippen molar-refractivity contribution in [3.05, 3.63) is 120 Å². The molecule has 4 heterocycles. The van der Waals surface area contributed by atoms with E-state index in [9.17, 15) is 0 Å². The van der Waals surface area contributed by atoms with Crippen LogP contribution in [0, 0.1) is 6.92 Å². The van der Waals surface area contributed by atoms with Crippen molar-refractivity contribution in [3.8, 4) is 0 Å². The van der Waals surface area contributed by atoms with E-state index in [4.69, 9.17) is 20.8 Å². The Morgan fingerprint density at radius 1 is 0.800 bits per heavy atom. The van der Waals surface area contributed by atoms with E-state index in [1.807, 2.05) is 37.6 Å². The molecule has 0 spiro atoms. The van der Waals surface area contributed by atoms with E-state index < -0.39 is 0 Å². The maximum Gasteiger partial charge on any atom is 0.208 e. The monoisotopic (exact) mass is 806 g/mol. The first kappa shape index (κ1) is 42.0. The van der Waals surface area contributed by atoms with E-state index in [2.05, 4.69) is 99.7 Å². The number of nitrogens with zero attached hydrogens (tertiary/aromatic N) is 7. The second-order valence-electron chi connectivity index (χ2n) is 16.5. The normalized spacial score (nSPS) is 16.3. The van der Waals surface area contributed by atoms with Crippen LogP contribution in [-0.4, -0.2) is 47.7 Å². The fraction of sp³-hybridized carbons (Fsp3) is 0.388. The predicted molar refractivity (Wildman–Crippen MR) is 253 cm³/mol. The number of imidazole rings is 2. The number of aromatic nitrogens is 6. The number of nitrogens with two attached hydrogens (primary N) is 1. The molecule has 1 aliphatic heterocycles. The van der Waals surface area contributed by atoms with Crippen LogP contribution in [0.25, 0.3) is 39.2 Å². The molecule has 1 aliphatic carbocycles. The van der Waals surface area contributed by atoms with Crippen LogP contribution >= 0.6 is 0 Å². The quantitative estimate of drug-likeness (QED) is 0.0562. The van der Waals surface area contributed by atoms with E-state index in [0.29, 0.717) is 24.8 Å². The van der Waals surface area contributed by atoms with E-state index >= 15 is 0 Å². The molecule has 5 aromatic rings. The molecule has 0 unspecified atom stereocenters. The van der Waals surface area contributed by atoms with E-state index in [1.165, 1.54) is 43.2 Å². The maximum atomic E-state index is 6.32. The molecule has 1 saturated carbocycles. The number of hydrogen-bond acceptors (Lipinski definition) is 8. The lowest BCUT2D eigenvalue weighted by atomic mass is 9.94. The third-order valence-electron chi connectivity index (χ3n) is 12.0. The number of aryl methyl sites for hydroxylation is 4. The van der Waals surface area contributed by atoms with Gasteiger partial charge in [0.2, 0.25) is 11.9 Å². The third-order valence-corrected chi connectivity index (χ3v) is 12.0. The Morgan fingerprint density at radius 2 is 1.38 bits per heavy atom. The number of hydrogen-bond donors (Lipinski definition) is 4. The molecule has 11 heteroatoms. The Labute approximate surface area is 355 Å². The topological polar surface area (TPSA) is 128 Å². The summed E-state index contributed by atoms with van der Waals surface area (Å²) in [5.41, 5.74) is 21.7. The van der Waals surface area contributed by atoms with Crippen molar-refractivity contribution < 1.29 is 0 Å². The van der Waals surface area contributed by atoms with Gasteiger partial charge in [0.05, 0.1) is 39.2 Å². The van der Waals surface area contributed by atoms with Crippen LogP contribution in [0.4, 0.5) is 11.9 Å². The summed E-state index contributed by atoms with van der Waals surface area (Å²) in [5, 5.41) is 15.7. The average molecular weight is 806 g/mol. The van der Waals surface area contributed by atoms with E-state index in [1.54, 1.807) is 7.05 Å². The van der Waals surface area contributed by atoms with Gasteiger partial charge in [0.15, 0.2) is 0 Å². The number of benzene rings is 2. The zero-order valence-corrected chi connectivity index (χ0v) is 36.4. The third kappa shape index (κ3) is 9.20. The van der Waals surface area contributed by atoms with Crippen molar-refractivity contribution >= 4 is 56.8 Å². The summed E-state index contributed by atoms with van der Waals surface area (Å²) in [6, 6.07) is 11.3. The minimum Gasteiger partial charge on any atom is -0.399 e. The summed E-state index contributed by atoms with van der Waals surface area (Å²) in [5.74, 6) is 1.46. The second kappa shape index (κ2) is 18.4. The molecule has 0 bridgehead atoms. The zero-order valence-electron chi connectivity index (χ0n) is 36.4. The standard InChI is InChI=1S/C49H63N11/c1-10-60-45(26-33(4)57-60)37(8)54-49-56-44-30-41(36(7)52-42-21-15-12-16-22-42)28-39-20-14-11-13-19-38-27-40(34(5)50)29-43-46(38)58(23-17-18-24-59(49)47(39)44)48(55-43)53-35(6)31(2)25-32(3)51-9/h17-18,25-30,42,52H,5-8,10-16,19-24,50H2,1-4,9H3,(H,53,55)(H,54,56)/b18-17+,31-25+,51-32-. The lowest BCUT2D eigenvalue weighted by Crippen LogP contribution is -2.29. The molecule has 7 rings (SSSR count). The average Bonchev–Trinajstić information content (AvgIpc) is 3.90. The van der Waals surface area contributed by atoms with Gasteiger partial charge in [-0.2, -0.15) is 5.10 Å². The molecular weight excluding hydrogens is 743 g/mol. The van der Waals surface area contributed by atoms with E-state index in [0.717, 1.165) is 124 Å². The fourth-order valence-corrected chi connectivity index (χ4v) is 8.67. The maximum absolute atomic E-state index is 6.32. The minimum atomic E-state index is 0.459. The Morgan fingerprint density at radius 3 is 1.98 bits per heavy atom. The van der Waals surface area contributed by atoms with Crippen LogP contribution in [0.3, 0.4) is 0 Å². The van der Waals surface area contributed by atoms with Gasteiger partial charge in [0.25, 0.3) is 0 Å². The largest absolute Gasteiger partial charge is 0.399 e. The van der Waals surface area contributed by atoms with E-state index in [-0.39, 0.29) is 0 Å². The van der Waals surface area contributed by atoms with Crippen molar-refractivity contribution in [2.24, 2.45) is 10.7 Å². The molecule has 5 N–H and O–H groups in total. The van der Waals surface area contributed by atoms with Gasteiger partial charge >= 0.3 is 0 Å². The summed E-state index contributed by atoms with van der Waals surface area (Å²) in [7, 11) is 1.79. The van der Waals surface area contributed by atoms with Crippen LogP contribution in [-0.2, 0) is 32.5 Å². The molecule has 0 saturated heterocycles. The lowest BCUT2D eigenvalue weighted by molar-refractivity contribution is 0.409. The molecule has 0 radical (unpaired) electrons. The SMILES string of the molecule is C=C(Nc1nc2cc(C(=C)N)cc3c2n1C/C=C/Cn1c(NC(=C)c2cc(C)nn2CC)nc2cc(C(=C)NC4CCCCC4)cc(c21)CCCCC3)/C(C)=C/C(C)=N\C. The van der Waals surface area contributed by atoms with Crippen molar-refractivity contribution in [2.45, 2.75) is 118 Å². The first-order valence-corrected chi connectivity index (χ1v) is 21.6. The summed E-state index contributed by atoms with van der Waals surface area (Å²) >= 11 is 0. The van der Waals surface area contributed by atoms with Gasteiger partial charge in [-0.1, -0.05) is 64.2 Å². The van der Waals surface area contributed by atoms with Crippen LogP contribution in [0.15, 0.2) is 91.1 Å². The number of anilines is 2. The summed E-state index contributed by atoms with van der Waals surface area (Å²) < 4.78 is 6.54. The minimum absolute atomic E-state index is 0.459. The molecule has 0 atom stereocenters. The first-order chi connectivity index (χ1) is 28.9. The van der Waals surface area contributed by atoms with Crippen molar-refractivity contribution in [1.29, 1.82) is 0 Å². The molecule has 60 heavy (non-hydrogen) atoms. The molecule has 3 aromatic heterocycles. The van der Waals surface area contributed by atoms with Gasteiger partial charge in [-0.3, -0.25) is 9.67 Å². The summed E-state index contributed by atoms with van der Waals surface area (Å²) in [4.78, 5) is 14.8. The highest BCUT2D eigenvalue weighted by molar-refractivity contribution is 5.94. The van der Waals surface area contributed by atoms with Crippen LogP contribution in [0.5, 0.6) is 0 Å². The number of allylic oxidation sites excluding steroid dienone is 4. The number of rotatable bonds is 12. The molecule has 2 aliphatic rings. The molecule has 11 nitrogen and oxygen atoms in total. The van der Waals surface area contributed by atoms with Crippen LogP contribution in [0.2, 0.25) is 0 Å². The molecule has 1 fully saturated rings. The van der Waals surface area contributed by atoms with Gasteiger partial charge in [0.1, 0.15) is 0 Å². The van der Waals surface area contributed by atoms with Gasteiger partial charge < -0.3 is 30.8 Å². The lowest BCUT2D eigenvalue weighted by Gasteiger charge is -2.25. The zero-order chi connectivity index (χ0) is 42.5. The Kier molecular flexibility index (Phi) is 12.9. The smallest absolute Gasteiger partial charge is 0.208 e. The van der Waals surface area contributed by atoms with Crippen LogP contribution in [0.1, 0.15) is 106 Å². The van der Waals surface area contributed by atoms with Gasteiger partial charge in [-0.25, -0.2) is 9.97 Å². The number of aliphatic imine (C=N–C) groups is 1. The Balaban J connectivity index is 1.31. The van der Waals surface area contributed by atoms with Gasteiger partial charge in [-0.05, 0) is 130 Å².